The van der Waals surface area contributed by atoms with E-state index >= 15 is 0 Å². The zero-order valence-corrected chi connectivity index (χ0v) is 12.4. The number of rotatable bonds is 5. The number of nitrogens with two attached hydrogens (primary N) is 1. The fraction of sp³-hybridized carbons (Fsp3) is 0.429. The number of hydrogen-bond donors (Lipinski definition) is 3. The Kier molecular flexibility index (Phi) is 4.57. The first kappa shape index (κ1) is 14.7. The monoisotopic (exact) mass is 293 g/mol. The van der Waals surface area contributed by atoms with Gasteiger partial charge in [-0.3, -0.25) is 4.79 Å². The summed E-state index contributed by atoms with van der Waals surface area (Å²) >= 11 is 1.29. The molecule has 1 unspecified atom stereocenters. The maximum absolute atomic E-state index is 12.3. The number of nitrogens with zero attached hydrogens (tertiary/aromatic N) is 1. The normalized spacial score (nSPS) is 12.8. The van der Waals surface area contributed by atoms with Crippen molar-refractivity contribution < 1.29 is 9.90 Å². The van der Waals surface area contributed by atoms with Crippen molar-refractivity contribution in [2.45, 2.75) is 26.3 Å². The van der Waals surface area contributed by atoms with Crippen molar-refractivity contribution in [3.8, 4) is 0 Å². The third kappa shape index (κ3) is 2.91. The van der Waals surface area contributed by atoms with E-state index in [0.29, 0.717) is 17.0 Å². The lowest BCUT2D eigenvalue weighted by Crippen LogP contribution is -2.39. The summed E-state index contributed by atoms with van der Waals surface area (Å²) in [6.07, 6.45) is 2.22. The van der Waals surface area contributed by atoms with Crippen LogP contribution in [0.2, 0.25) is 0 Å². The van der Waals surface area contributed by atoms with Gasteiger partial charge < -0.3 is 16.2 Å². The van der Waals surface area contributed by atoms with Gasteiger partial charge in [-0.05, 0) is 24.5 Å². The van der Waals surface area contributed by atoms with E-state index in [4.69, 9.17) is 10.8 Å². The van der Waals surface area contributed by atoms with Crippen molar-refractivity contribution in [1.29, 1.82) is 0 Å². The van der Waals surface area contributed by atoms with E-state index < -0.39 is 0 Å². The van der Waals surface area contributed by atoms with Gasteiger partial charge in [0.25, 0.3) is 5.91 Å². The SMILES string of the molecule is CC(C)C(CCO)NC(=O)c1sc2ncccc2c1N. The van der Waals surface area contributed by atoms with Gasteiger partial charge in [0.05, 0.1) is 5.69 Å². The zero-order valence-electron chi connectivity index (χ0n) is 11.6. The number of fused-ring (bicyclic) bond motifs is 1. The standard InChI is InChI=1S/C14H19N3O2S/c1-8(2)10(5-7-18)17-13(19)12-11(15)9-4-3-6-16-14(9)20-12/h3-4,6,8,10,18H,5,7,15H2,1-2H3,(H,17,19). The van der Waals surface area contributed by atoms with Gasteiger partial charge in [0.2, 0.25) is 0 Å². The van der Waals surface area contributed by atoms with Crippen molar-refractivity contribution in [3.63, 3.8) is 0 Å². The molecule has 0 aliphatic heterocycles. The van der Waals surface area contributed by atoms with Gasteiger partial charge in [-0.15, -0.1) is 11.3 Å². The molecule has 0 spiro atoms. The second kappa shape index (κ2) is 6.19. The van der Waals surface area contributed by atoms with Crippen LogP contribution in [0.3, 0.4) is 0 Å². The molecule has 1 amide bonds. The molecule has 2 heterocycles. The Morgan fingerprint density at radius 1 is 1.55 bits per heavy atom. The molecule has 5 nitrogen and oxygen atoms in total. The molecule has 20 heavy (non-hydrogen) atoms. The summed E-state index contributed by atoms with van der Waals surface area (Å²) in [6.45, 7) is 4.07. The predicted molar refractivity (Wildman–Crippen MR) is 81.8 cm³/mol. The summed E-state index contributed by atoms with van der Waals surface area (Å²) in [5.41, 5.74) is 6.50. The van der Waals surface area contributed by atoms with E-state index in [1.54, 1.807) is 12.3 Å². The van der Waals surface area contributed by atoms with E-state index in [1.165, 1.54) is 11.3 Å². The Hall–Kier alpha value is -1.66. The summed E-state index contributed by atoms with van der Waals surface area (Å²) in [5, 5.41) is 12.8. The summed E-state index contributed by atoms with van der Waals surface area (Å²) < 4.78 is 0. The molecule has 0 aromatic carbocycles. The lowest BCUT2D eigenvalue weighted by Gasteiger charge is -2.21. The molecule has 4 N–H and O–H groups in total. The van der Waals surface area contributed by atoms with E-state index in [1.807, 2.05) is 19.9 Å². The highest BCUT2D eigenvalue weighted by molar-refractivity contribution is 7.21. The number of aromatic nitrogens is 1. The molecule has 0 fully saturated rings. The average Bonchev–Trinajstić information content (AvgIpc) is 2.76. The van der Waals surface area contributed by atoms with Crippen molar-refractivity contribution in [3.05, 3.63) is 23.2 Å². The Morgan fingerprint density at radius 3 is 2.90 bits per heavy atom. The zero-order chi connectivity index (χ0) is 14.7. The van der Waals surface area contributed by atoms with Crippen LogP contribution in [0.15, 0.2) is 18.3 Å². The Labute approximate surface area is 121 Å². The minimum absolute atomic E-state index is 0.0482. The van der Waals surface area contributed by atoms with Crippen LogP contribution in [0.5, 0.6) is 0 Å². The molecular formula is C14H19N3O2S. The number of carbonyl (C=O) groups excluding carboxylic acids is 1. The third-order valence-electron chi connectivity index (χ3n) is 3.27. The highest BCUT2D eigenvalue weighted by atomic mass is 32.1. The molecule has 0 aliphatic rings. The molecule has 2 rings (SSSR count). The molecule has 0 radical (unpaired) electrons. The Balaban J connectivity index is 2.24. The van der Waals surface area contributed by atoms with Crippen molar-refractivity contribution in [2.75, 3.05) is 12.3 Å². The topological polar surface area (TPSA) is 88.2 Å². The summed E-state index contributed by atoms with van der Waals surface area (Å²) in [5.74, 6) is 0.0532. The highest BCUT2D eigenvalue weighted by Gasteiger charge is 2.21. The van der Waals surface area contributed by atoms with E-state index in [2.05, 4.69) is 10.3 Å². The van der Waals surface area contributed by atoms with E-state index in [-0.39, 0.29) is 24.5 Å². The second-order valence-electron chi connectivity index (χ2n) is 5.04. The van der Waals surface area contributed by atoms with Crippen LogP contribution >= 0.6 is 11.3 Å². The van der Waals surface area contributed by atoms with Crippen LogP contribution in [0.25, 0.3) is 10.2 Å². The number of nitrogen functional groups attached to an aromatic ring is 1. The number of aliphatic hydroxyl groups is 1. The Bertz CT molecular complexity index is 609. The summed E-state index contributed by atoms with van der Waals surface area (Å²) in [7, 11) is 0. The van der Waals surface area contributed by atoms with Gasteiger partial charge in [0.1, 0.15) is 9.71 Å². The van der Waals surface area contributed by atoms with Gasteiger partial charge in [0.15, 0.2) is 0 Å². The molecule has 2 aromatic rings. The van der Waals surface area contributed by atoms with Crippen LogP contribution in [0, 0.1) is 5.92 Å². The fourth-order valence-electron chi connectivity index (χ4n) is 2.06. The summed E-state index contributed by atoms with van der Waals surface area (Å²) in [4.78, 5) is 17.8. The average molecular weight is 293 g/mol. The van der Waals surface area contributed by atoms with Crippen LogP contribution in [-0.2, 0) is 0 Å². The van der Waals surface area contributed by atoms with Crippen LogP contribution in [-0.4, -0.2) is 28.6 Å². The molecular weight excluding hydrogens is 274 g/mol. The number of pyridine rings is 1. The molecule has 6 heteroatoms. The molecule has 1 atom stereocenters. The Morgan fingerprint density at radius 2 is 2.30 bits per heavy atom. The molecule has 2 aromatic heterocycles. The molecule has 0 bridgehead atoms. The quantitative estimate of drug-likeness (QED) is 0.787. The highest BCUT2D eigenvalue weighted by Crippen LogP contribution is 2.31. The van der Waals surface area contributed by atoms with Crippen LogP contribution in [0.4, 0.5) is 5.69 Å². The molecule has 0 aliphatic carbocycles. The smallest absolute Gasteiger partial charge is 0.263 e. The number of thiophene rings is 1. The minimum atomic E-state index is -0.197. The summed E-state index contributed by atoms with van der Waals surface area (Å²) in [6, 6.07) is 3.60. The van der Waals surface area contributed by atoms with Gasteiger partial charge in [-0.1, -0.05) is 13.8 Å². The molecule has 0 saturated carbocycles. The van der Waals surface area contributed by atoms with Gasteiger partial charge >= 0.3 is 0 Å². The number of amides is 1. The fourth-order valence-corrected chi connectivity index (χ4v) is 3.03. The van der Waals surface area contributed by atoms with Crippen LogP contribution < -0.4 is 11.1 Å². The lowest BCUT2D eigenvalue weighted by atomic mass is 10.0. The van der Waals surface area contributed by atoms with Crippen molar-refractivity contribution in [1.82, 2.24) is 10.3 Å². The second-order valence-corrected chi connectivity index (χ2v) is 6.04. The lowest BCUT2D eigenvalue weighted by molar-refractivity contribution is 0.0921. The number of anilines is 1. The first-order valence-corrected chi connectivity index (χ1v) is 7.41. The number of nitrogens with one attached hydrogen (secondary N) is 1. The minimum Gasteiger partial charge on any atom is -0.397 e. The van der Waals surface area contributed by atoms with Crippen LogP contribution in [0.1, 0.15) is 29.9 Å². The van der Waals surface area contributed by atoms with Gasteiger partial charge in [-0.25, -0.2) is 4.98 Å². The molecule has 108 valence electrons. The maximum atomic E-state index is 12.3. The third-order valence-corrected chi connectivity index (χ3v) is 4.40. The van der Waals surface area contributed by atoms with Gasteiger partial charge in [-0.2, -0.15) is 0 Å². The largest absolute Gasteiger partial charge is 0.397 e. The van der Waals surface area contributed by atoms with E-state index in [0.717, 1.165) is 10.2 Å². The predicted octanol–water partition coefficient (Wildman–Crippen LogP) is 2.02. The molecule has 0 saturated heterocycles. The van der Waals surface area contributed by atoms with E-state index in [9.17, 15) is 4.79 Å². The number of aliphatic hydroxyl groups excluding tert-OH is 1. The number of carbonyl (C=O) groups is 1. The first-order chi connectivity index (χ1) is 9.54. The maximum Gasteiger partial charge on any atom is 0.263 e. The first-order valence-electron chi connectivity index (χ1n) is 6.59. The van der Waals surface area contributed by atoms with Crippen molar-refractivity contribution in [2.24, 2.45) is 5.92 Å². The number of hydrogen-bond acceptors (Lipinski definition) is 5. The van der Waals surface area contributed by atoms with Crippen molar-refractivity contribution >= 4 is 33.1 Å². The van der Waals surface area contributed by atoms with Gasteiger partial charge in [0, 0.05) is 24.2 Å².